The monoisotopic (exact) mass is 218 g/mol. The molecule has 0 unspecified atom stereocenters. The van der Waals surface area contributed by atoms with Crippen molar-refractivity contribution >= 4 is 10.1 Å². The van der Waals surface area contributed by atoms with E-state index in [2.05, 4.69) is 0 Å². The second kappa shape index (κ2) is 5.58. The van der Waals surface area contributed by atoms with Gasteiger partial charge >= 0.3 is 51.4 Å². The Bertz CT molecular complexity index is 239. The van der Waals surface area contributed by atoms with Crippen molar-refractivity contribution < 1.29 is 73.8 Å². The van der Waals surface area contributed by atoms with Crippen LogP contribution in [0.2, 0.25) is 0 Å². The summed E-state index contributed by atoms with van der Waals surface area (Å²) in [5, 5.41) is 0. The van der Waals surface area contributed by atoms with Crippen LogP contribution in [0.5, 0.6) is 0 Å². The van der Waals surface area contributed by atoms with Gasteiger partial charge < -0.3 is 14.0 Å². The molecule has 0 fully saturated rings. The van der Waals surface area contributed by atoms with Crippen LogP contribution >= 0.6 is 0 Å². The van der Waals surface area contributed by atoms with Crippen molar-refractivity contribution in [2.45, 2.75) is 12.7 Å². The topological polar surface area (TPSA) is 75.7 Å². The average Bonchev–Trinajstić information content (AvgIpc) is 2.32. The van der Waals surface area contributed by atoms with E-state index in [4.69, 9.17) is 9.47 Å². The largest absolute Gasteiger partial charge is 1.00 e. The Morgan fingerprint density at radius 3 is 2.25 bits per heavy atom. The van der Waals surface area contributed by atoms with Gasteiger partial charge in [0.2, 0.25) is 6.29 Å². The first kappa shape index (κ1) is 12.9. The van der Waals surface area contributed by atoms with E-state index in [-0.39, 0.29) is 57.8 Å². The first-order valence-corrected chi connectivity index (χ1v) is 4.55. The summed E-state index contributed by atoms with van der Waals surface area (Å²) in [5.41, 5.74) is 0. The van der Waals surface area contributed by atoms with Gasteiger partial charge in [-0.15, -0.1) is 0 Å². The van der Waals surface area contributed by atoms with Crippen molar-refractivity contribution in [1.82, 2.24) is 0 Å². The fourth-order valence-corrected chi connectivity index (χ4v) is 1.13. The van der Waals surface area contributed by atoms with Gasteiger partial charge in [-0.2, -0.15) is 0 Å². The molecule has 0 radical (unpaired) electrons. The summed E-state index contributed by atoms with van der Waals surface area (Å²) in [6.45, 7) is 0. The minimum absolute atomic E-state index is 0. The molecular weight excluding hydrogens is 211 g/mol. The van der Waals surface area contributed by atoms with Gasteiger partial charge in [0.05, 0.1) is 10.1 Å². The van der Waals surface area contributed by atoms with Crippen LogP contribution in [0, 0.1) is 0 Å². The quantitative estimate of drug-likeness (QED) is 0.368. The fraction of sp³-hybridized carbons (Fsp3) is 0.600. The fourth-order valence-electron chi connectivity index (χ4n) is 0.648. The molecule has 0 aromatic heterocycles. The second-order valence-electron chi connectivity index (χ2n) is 2.02. The number of hydrogen-bond donors (Lipinski definition) is 0. The number of hydrogen-bond acceptors (Lipinski definition) is 5. The zero-order valence-corrected chi connectivity index (χ0v) is 10.5. The molecule has 0 saturated carbocycles. The molecule has 5 nitrogen and oxygen atoms in total. The van der Waals surface area contributed by atoms with Crippen molar-refractivity contribution in [2.24, 2.45) is 0 Å². The van der Waals surface area contributed by atoms with Crippen LogP contribution in [-0.2, 0) is 19.6 Å². The predicted octanol–water partition coefficient (Wildman–Crippen LogP) is -3.23. The van der Waals surface area contributed by atoms with E-state index in [1.807, 2.05) is 0 Å². The van der Waals surface area contributed by atoms with Crippen molar-refractivity contribution in [3.63, 3.8) is 0 Å². The zero-order chi connectivity index (χ0) is 8.32. The van der Waals surface area contributed by atoms with Crippen molar-refractivity contribution in [3.8, 4) is 0 Å². The summed E-state index contributed by atoms with van der Waals surface area (Å²) in [7, 11) is -4.15. The van der Waals surface area contributed by atoms with Crippen LogP contribution in [0.15, 0.2) is 12.5 Å². The van der Waals surface area contributed by atoms with E-state index in [1.54, 1.807) is 0 Å². The Morgan fingerprint density at radius 2 is 1.83 bits per heavy atom. The van der Waals surface area contributed by atoms with Crippen LogP contribution in [0.1, 0.15) is 6.42 Å². The van der Waals surface area contributed by atoms with E-state index >= 15 is 0 Å². The van der Waals surface area contributed by atoms with Crippen LogP contribution < -0.4 is 51.4 Å². The molecule has 0 aliphatic carbocycles. The molecule has 0 amide bonds. The Labute approximate surface area is 113 Å². The van der Waals surface area contributed by atoms with Gasteiger partial charge in [0.15, 0.2) is 0 Å². The second-order valence-corrected chi connectivity index (χ2v) is 3.55. The predicted molar refractivity (Wildman–Crippen MR) is 34.3 cm³/mol. The van der Waals surface area contributed by atoms with E-state index in [0.29, 0.717) is 0 Å². The molecule has 1 rings (SSSR count). The van der Waals surface area contributed by atoms with E-state index in [1.165, 1.54) is 12.5 Å². The zero-order valence-electron chi connectivity index (χ0n) is 6.60. The van der Waals surface area contributed by atoms with Crippen LogP contribution in [0.4, 0.5) is 0 Å². The minimum atomic E-state index is -4.15. The normalized spacial score (nSPS) is 16.4. The summed E-state index contributed by atoms with van der Waals surface area (Å²) in [4.78, 5) is 0. The van der Waals surface area contributed by atoms with Gasteiger partial charge in [-0.1, -0.05) is 0 Å². The molecule has 1 aliphatic rings. The van der Waals surface area contributed by atoms with Crippen molar-refractivity contribution in [1.29, 1.82) is 0 Å². The first-order chi connectivity index (χ1) is 5.08. The maximum Gasteiger partial charge on any atom is 1.00 e. The van der Waals surface area contributed by atoms with Gasteiger partial charge in [-0.25, -0.2) is 8.42 Å². The van der Waals surface area contributed by atoms with Crippen LogP contribution in [-0.4, -0.2) is 25.0 Å². The minimum Gasteiger partial charge on any atom is -0.748 e. The molecule has 12 heavy (non-hydrogen) atoms. The van der Waals surface area contributed by atoms with Gasteiger partial charge in [0, 0.05) is 12.2 Å². The Hall–Kier alpha value is 0.886. The van der Waals surface area contributed by atoms with Gasteiger partial charge in [-0.3, -0.25) is 0 Å². The third kappa shape index (κ3) is 5.52. The molecule has 64 valence electrons. The van der Waals surface area contributed by atoms with Gasteiger partial charge in [0.25, 0.3) is 0 Å². The molecule has 0 bridgehead atoms. The molecule has 0 saturated heterocycles. The molecule has 0 spiro atoms. The Balaban J connectivity index is 0.00000121. The smallest absolute Gasteiger partial charge is 0.748 e. The van der Waals surface area contributed by atoms with Gasteiger partial charge in [-0.05, 0) is 0 Å². The van der Waals surface area contributed by atoms with Crippen molar-refractivity contribution in [3.05, 3.63) is 12.5 Å². The third-order valence-electron chi connectivity index (χ3n) is 1.12. The molecule has 0 aromatic carbocycles. The SMILES string of the molecule is O=S(=O)([O-])CCC1OC=CO1.[K+]. The summed E-state index contributed by atoms with van der Waals surface area (Å²) in [6, 6.07) is 0. The third-order valence-corrected chi connectivity index (χ3v) is 1.86. The molecule has 1 heterocycles. The molecule has 0 atom stereocenters. The average molecular weight is 218 g/mol. The molecular formula is C5H7KO5S. The van der Waals surface area contributed by atoms with E-state index < -0.39 is 22.2 Å². The molecule has 0 aromatic rings. The van der Waals surface area contributed by atoms with Crippen molar-refractivity contribution in [2.75, 3.05) is 5.75 Å². The van der Waals surface area contributed by atoms with Crippen LogP contribution in [0.3, 0.4) is 0 Å². The van der Waals surface area contributed by atoms with E-state index in [0.717, 1.165) is 0 Å². The Morgan fingerprint density at radius 1 is 1.33 bits per heavy atom. The Kier molecular flexibility index (Phi) is 5.99. The number of ether oxygens (including phenoxy) is 2. The van der Waals surface area contributed by atoms with Gasteiger partial charge in [0.1, 0.15) is 12.5 Å². The number of rotatable bonds is 3. The molecule has 0 N–H and O–H groups in total. The summed E-state index contributed by atoms with van der Waals surface area (Å²) in [6.07, 6.45) is 2.07. The van der Waals surface area contributed by atoms with E-state index in [9.17, 15) is 13.0 Å². The summed E-state index contributed by atoms with van der Waals surface area (Å²) >= 11 is 0. The standard InChI is InChI=1S/C5H8O5S.K/c6-11(7,8)4-1-5-9-2-3-10-5;/h2-3,5H,1,4H2,(H,6,7,8);/q;+1/p-1. The molecule has 1 aliphatic heterocycles. The van der Waals surface area contributed by atoms with Crippen LogP contribution in [0.25, 0.3) is 0 Å². The maximum absolute atomic E-state index is 10.1. The summed E-state index contributed by atoms with van der Waals surface area (Å²) < 4.78 is 39.8. The first-order valence-electron chi connectivity index (χ1n) is 2.97. The summed E-state index contributed by atoms with van der Waals surface area (Å²) in [5.74, 6) is -0.459. The molecule has 7 heteroatoms. The maximum atomic E-state index is 10.1.